The molecule has 4 rings (SSSR count). The highest BCUT2D eigenvalue weighted by atomic mass is 32.1. The molecule has 4 aromatic rings. The van der Waals surface area contributed by atoms with Crippen LogP contribution in [0.4, 0.5) is 4.39 Å². The van der Waals surface area contributed by atoms with Crippen molar-refractivity contribution in [3.63, 3.8) is 0 Å². The van der Waals surface area contributed by atoms with Gasteiger partial charge in [-0.1, -0.05) is 37.3 Å². The lowest BCUT2D eigenvalue weighted by Crippen LogP contribution is -2.38. The molecule has 1 N–H and O–H groups in total. The summed E-state index contributed by atoms with van der Waals surface area (Å²) in [5.41, 5.74) is 1.25. The average molecular weight is 409 g/mol. The van der Waals surface area contributed by atoms with Gasteiger partial charge in [-0.25, -0.2) is 9.07 Å². The number of aromatic nitrogens is 2. The summed E-state index contributed by atoms with van der Waals surface area (Å²) in [7, 11) is 0. The average Bonchev–Trinajstić information content (AvgIpc) is 3.12. The van der Waals surface area contributed by atoms with Gasteiger partial charge in [0.25, 0.3) is 5.56 Å². The molecule has 0 radical (unpaired) electrons. The van der Waals surface area contributed by atoms with Crippen LogP contribution in [0.3, 0.4) is 0 Å². The van der Waals surface area contributed by atoms with E-state index in [2.05, 4.69) is 10.4 Å². The highest BCUT2D eigenvalue weighted by Gasteiger charge is 2.24. The molecule has 0 bridgehead atoms. The maximum atomic E-state index is 13.3. The SMILES string of the molecule is CC[C@H](C(=O)NCc1ccc(F)cc1)n1nc(C)c2sc3ccccc3c2c1=O. The van der Waals surface area contributed by atoms with Crippen molar-refractivity contribution in [2.45, 2.75) is 32.9 Å². The van der Waals surface area contributed by atoms with Gasteiger partial charge in [-0.3, -0.25) is 9.59 Å². The van der Waals surface area contributed by atoms with E-state index >= 15 is 0 Å². The molecule has 2 aromatic carbocycles. The molecule has 2 heterocycles. The van der Waals surface area contributed by atoms with Crippen molar-refractivity contribution in [2.24, 2.45) is 0 Å². The molecule has 0 saturated carbocycles. The van der Waals surface area contributed by atoms with E-state index in [1.807, 2.05) is 38.1 Å². The van der Waals surface area contributed by atoms with Crippen molar-refractivity contribution in [3.05, 3.63) is 76.0 Å². The Hall–Kier alpha value is -3.06. The molecule has 1 amide bonds. The largest absolute Gasteiger partial charge is 0.350 e. The van der Waals surface area contributed by atoms with E-state index in [1.54, 1.807) is 23.5 Å². The lowest BCUT2D eigenvalue weighted by atomic mass is 10.1. The van der Waals surface area contributed by atoms with E-state index in [1.165, 1.54) is 16.8 Å². The topological polar surface area (TPSA) is 64.0 Å². The number of rotatable bonds is 5. The first-order chi connectivity index (χ1) is 14.0. The summed E-state index contributed by atoms with van der Waals surface area (Å²) in [4.78, 5) is 26.1. The van der Waals surface area contributed by atoms with E-state index < -0.39 is 6.04 Å². The van der Waals surface area contributed by atoms with E-state index in [0.29, 0.717) is 11.8 Å². The molecule has 0 spiro atoms. The van der Waals surface area contributed by atoms with E-state index in [4.69, 9.17) is 0 Å². The van der Waals surface area contributed by atoms with E-state index in [0.717, 1.165) is 26.0 Å². The second kappa shape index (κ2) is 7.75. The number of carbonyl (C=O) groups is 1. The molecule has 0 unspecified atom stereocenters. The highest BCUT2D eigenvalue weighted by molar-refractivity contribution is 7.26. The van der Waals surface area contributed by atoms with Gasteiger partial charge in [-0.05, 0) is 37.1 Å². The van der Waals surface area contributed by atoms with Crippen LogP contribution >= 0.6 is 11.3 Å². The third-order valence-electron chi connectivity index (χ3n) is 4.97. The van der Waals surface area contributed by atoms with E-state index in [-0.39, 0.29) is 23.8 Å². The summed E-state index contributed by atoms with van der Waals surface area (Å²) >= 11 is 1.54. The third kappa shape index (κ3) is 3.53. The Balaban J connectivity index is 1.70. The summed E-state index contributed by atoms with van der Waals surface area (Å²) in [6.07, 6.45) is 0.426. The first kappa shape index (κ1) is 19.3. The van der Waals surface area contributed by atoms with Gasteiger partial charge in [0.1, 0.15) is 11.9 Å². The number of hydrogen-bond donors (Lipinski definition) is 1. The van der Waals surface area contributed by atoms with Crippen molar-refractivity contribution in [3.8, 4) is 0 Å². The zero-order valence-electron chi connectivity index (χ0n) is 16.1. The van der Waals surface area contributed by atoms with Crippen LogP contribution in [0.2, 0.25) is 0 Å². The van der Waals surface area contributed by atoms with Gasteiger partial charge < -0.3 is 5.32 Å². The van der Waals surface area contributed by atoms with Crippen LogP contribution in [0.1, 0.15) is 30.6 Å². The summed E-state index contributed by atoms with van der Waals surface area (Å²) in [5, 5.41) is 8.80. The molecule has 7 heteroatoms. The molecule has 29 heavy (non-hydrogen) atoms. The monoisotopic (exact) mass is 409 g/mol. The fourth-order valence-corrected chi connectivity index (χ4v) is 4.60. The summed E-state index contributed by atoms with van der Waals surface area (Å²) in [6.45, 7) is 3.96. The van der Waals surface area contributed by atoms with Gasteiger partial charge in [-0.15, -0.1) is 11.3 Å². The fraction of sp³-hybridized carbons (Fsp3) is 0.227. The van der Waals surface area contributed by atoms with Crippen molar-refractivity contribution in [1.82, 2.24) is 15.1 Å². The Morgan fingerprint density at radius 3 is 2.66 bits per heavy atom. The highest BCUT2D eigenvalue weighted by Crippen LogP contribution is 2.33. The zero-order valence-corrected chi connectivity index (χ0v) is 16.9. The molecular weight excluding hydrogens is 389 g/mol. The third-order valence-corrected chi connectivity index (χ3v) is 6.25. The summed E-state index contributed by atoms with van der Waals surface area (Å²) in [6, 6.07) is 13.0. The van der Waals surface area contributed by atoms with Gasteiger partial charge in [0.15, 0.2) is 0 Å². The Labute approximate surface area is 170 Å². The minimum absolute atomic E-state index is 0.257. The maximum Gasteiger partial charge on any atom is 0.276 e. The van der Waals surface area contributed by atoms with Crippen LogP contribution in [0.15, 0.2) is 53.3 Å². The predicted molar refractivity (Wildman–Crippen MR) is 114 cm³/mol. The molecule has 5 nitrogen and oxygen atoms in total. The molecule has 1 atom stereocenters. The normalized spacial score (nSPS) is 12.4. The van der Waals surface area contributed by atoms with Crippen LogP contribution in [-0.4, -0.2) is 15.7 Å². The van der Waals surface area contributed by atoms with Crippen molar-refractivity contribution in [1.29, 1.82) is 0 Å². The maximum absolute atomic E-state index is 13.3. The molecule has 148 valence electrons. The minimum Gasteiger partial charge on any atom is -0.350 e. The van der Waals surface area contributed by atoms with Crippen molar-refractivity contribution >= 4 is 37.4 Å². The van der Waals surface area contributed by atoms with Crippen LogP contribution in [0, 0.1) is 12.7 Å². The van der Waals surface area contributed by atoms with Crippen LogP contribution in [-0.2, 0) is 11.3 Å². The van der Waals surface area contributed by atoms with Gasteiger partial charge in [0, 0.05) is 16.6 Å². The first-order valence-electron chi connectivity index (χ1n) is 9.42. The Kier molecular flexibility index (Phi) is 5.15. The van der Waals surface area contributed by atoms with Gasteiger partial charge in [0.05, 0.1) is 15.8 Å². The summed E-state index contributed by atoms with van der Waals surface area (Å²) < 4.78 is 16.2. The number of hydrogen-bond acceptors (Lipinski definition) is 4. The Morgan fingerprint density at radius 1 is 1.21 bits per heavy atom. The smallest absolute Gasteiger partial charge is 0.276 e. The predicted octanol–water partition coefficient (Wildman–Crippen LogP) is 4.33. The number of amides is 1. The quantitative estimate of drug-likeness (QED) is 0.534. The number of nitrogens with zero attached hydrogens (tertiary/aromatic N) is 2. The number of aryl methyl sites for hydroxylation is 1. The summed E-state index contributed by atoms with van der Waals surface area (Å²) in [5.74, 6) is -0.612. The lowest BCUT2D eigenvalue weighted by molar-refractivity contribution is -0.125. The van der Waals surface area contributed by atoms with Gasteiger partial charge in [-0.2, -0.15) is 5.10 Å². The molecule has 0 aliphatic heterocycles. The second-order valence-electron chi connectivity index (χ2n) is 6.91. The first-order valence-corrected chi connectivity index (χ1v) is 10.2. The molecule has 0 aliphatic carbocycles. The fourth-order valence-electron chi connectivity index (χ4n) is 3.47. The Morgan fingerprint density at radius 2 is 1.93 bits per heavy atom. The standard InChI is InChI=1S/C22H20FN3O2S/c1-3-17(21(27)24-12-14-8-10-15(23)11-9-14)26-22(28)19-16-6-4-5-7-18(16)29-20(19)13(2)25-26/h4-11,17H,3,12H2,1-2H3,(H,24,27)/t17-/m1/s1. The zero-order chi connectivity index (χ0) is 20.5. The Bertz CT molecular complexity index is 1260. The number of benzene rings is 2. The van der Waals surface area contributed by atoms with Crippen molar-refractivity contribution < 1.29 is 9.18 Å². The van der Waals surface area contributed by atoms with Crippen LogP contribution in [0.5, 0.6) is 0 Å². The van der Waals surface area contributed by atoms with Crippen LogP contribution < -0.4 is 10.9 Å². The van der Waals surface area contributed by atoms with Gasteiger partial charge >= 0.3 is 0 Å². The molecule has 2 aromatic heterocycles. The lowest BCUT2D eigenvalue weighted by Gasteiger charge is -2.17. The second-order valence-corrected chi connectivity index (χ2v) is 7.96. The van der Waals surface area contributed by atoms with Crippen molar-refractivity contribution in [2.75, 3.05) is 0 Å². The molecule has 0 saturated heterocycles. The number of carbonyl (C=O) groups excluding carboxylic acids is 1. The molecular formula is C22H20FN3O2S. The number of fused-ring (bicyclic) bond motifs is 3. The number of halogens is 1. The minimum atomic E-state index is -0.718. The number of nitrogens with one attached hydrogen (secondary N) is 1. The van der Waals surface area contributed by atoms with E-state index in [9.17, 15) is 14.0 Å². The van der Waals surface area contributed by atoms with Crippen LogP contribution in [0.25, 0.3) is 20.2 Å². The number of thiophene rings is 1. The van der Waals surface area contributed by atoms with Gasteiger partial charge in [0.2, 0.25) is 5.91 Å². The molecule has 0 fully saturated rings. The molecule has 0 aliphatic rings.